The Morgan fingerprint density at radius 2 is 2.25 bits per heavy atom. The van der Waals surface area contributed by atoms with Crippen molar-refractivity contribution in [1.82, 2.24) is 4.90 Å². The molecule has 3 heterocycles. The number of nitrogens with zero attached hydrogens (tertiary/aromatic N) is 1. The molecule has 0 unspecified atom stereocenters. The van der Waals surface area contributed by atoms with Crippen molar-refractivity contribution < 1.29 is 19.4 Å². The first-order valence-electron chi connectivity index (χ1n) is 5.73. The van der Waals surface area contributed by atoms with E-state index in [1.165, 1.54) is 4.90 Å². The minimum Gasteiger partial charge on any atom is -0.395 e. The number of β-amino-alcohol motifs (C(OH)–C–C–N with tert-alkyl or cyclic N) is 1. The van der Waals surface area contributed by atoms with Crippen LogP contribution in [0.1, 0.15) is 19.8 Å². The Morgan fingerprint density at radius 3 is 2.88 bits per heavy atom. The molecule has 0 aromatic rings. The summed E-state index contributed by atoms with van der Waals surface area (Å²) in [5.74, 6) is -0.636. The van der Waals surface area contributed by atoms with Gasteiger partial charge >= 0.3 is 0 Å². The third kappa shape index (κ3) is 0.936. The zero-order chi connectivity index (χ0) is 11.5. The van der Waals surface area contributed by atoms with Crippen LogP contribution < -0.4 is 0 Å². The number of rotatable bonds is 2. The van der Waals surface area contributed by atoms with Crippen LogP contribution in [0.2, 0.25) is 0 Å². The maximum Gasteiger partial charge on any atom is 0.238 e. The van der Waals surface area contributed by atoms with Crippen molar-refractivity contribution in [2.24, 2.45) is 11.3 Å². The summed E-state index contributed by atoms with van der Waals surface area (Å²) >= 11 is 0. The molecule has 3 aliphatic heterocycles. The molecule has 3 fully saturated rings. The van der Waals surface area contributed by atoms with Crippen LogP contribution in [0.15, 0.2) is 0 Å². The molecule has 2 amide bonds. The summed E-state index contributed by atoms with van der Waals surface area (Å²) in [6, 6.07) is 0. The largest absolute Gasteiger partial charge is 0.395 e. The highest BCUT2D eigenvalue weighted by molar-refractivity contribution is 6.08. The Morgan fingerprint density at radius 1 is 1.50 bits per heavy atom. The van der Waals surface area contributed by atoms with Crippen molar-refractivity contribution in [3.05, 3.63) is 0 Å². The molecule has 5 nitrogen and oxygen atoms in total. The quantitative estimate of drug-likeness (QED) is 0.645. The zero-order valence-electron chi connectivity index (χ0n) is 9.18. The van der Waals surface area contributed by atoms with E-state index in [4.69, 9.17) is 9.84 Å². The van der Waals surface area contributed by atoms with E-state index >= 15 is 0 Å². The van der Waals surface area contributed by atoms with Gasteiger partial charge in [-0.1, -0.05) is 0 Å². The Labute approximate surface area is 93.4 Å². The van der Waals surface area contributed by atoms with Gasteiger partial charge < -0.3 is 9.84 Å². The lowest BCUT2D eigenvalue weighted by Crippen LogP contribution is -2.42. The highest BCUT2D eigenvalue weighted by Crippen LogP contribution is 2.56. The normalized spacial score (nSPS) is 45.6. The van der Waals surface area contributed by atoms with Crippen LogP contribution in [0, 0.1) is 11.3 Å². The fourth-order valence-corrected chi connectivity index (χ4v) is 3.49. The number of ether oxygens (including phenoxy) is 1. The van der Waals surface area contributed by atoms with Gasteiger partial charge in [-0.2, -0.15) is 0 Å². The number of hydrogen-bond acceptors (Lipinski definition) is 4. The summed E-state index contributed by atoms with van der Waals surface area (Å²) in [6.07, 6.45) is 1.54. The summed E-state index contributed by atoms with van der Waals surface area (Å²) < 4.78 is 5.68. The Balaban J connectivity index is 1.99. The van der Waals surface area contributed by atoms with Gasteiger partial charge in [0.25, 0.3) is 0 Å². The maximum absolute atomic E-state index is 12.2. The van der Waals surface area contributed by atoms with Crippen LogP contribution in [0.3, 0.4) is 0 Å². The molecule has 0 aliphatic carbocycles. The average molecular weight is 225 g/mol. The molecule has 0 radical (unpaired) electrons. The molecule has 3 rings (SSSR count). The number of carbonyl (C=O) groups is 2. The smallest absolute Gasteiger partial charge is 0.238 e. The van der Waals surface area contributed by atoms with Crippen molar-refractivity contribution in [3.63, 3.8) is 0 Å². The fourth-order valence-electron chi connectivity index (χ4n) is 3.49. The van der Waals surface area contributed by atoms with Gasteiger partial charge in [0.05, 0.1) is 36.7 Å². The second-order valence-corrected chi connectivity index (χ2v) is 5.02. The van der Waals surface area contributed by atoms with Crippen LogP contribution in [-0.4, -0.2) is 47.2 Å². The summed E-state index contributed by atoms with van der Waals surface area (Å²) in [5.41, 5.74) is -0.671. The van der Waals surface area contributed by atoms with Gasteiger partial charge in [0.2, 0.25) is 11.8 Å². The van der Waals surface area contributed by atoms with Crippen LogP contribution in [0.4, 0.5) is 0 Å². The predicted molar refractivity (Wildman–Crippen MR) is 53.3 cm³/mol. The molecule has 88 valence electrons. The highest BCUT2D eigenvalue weighted by atomic mass is 16.5. The zero-order valence-corrected chi connectivity index (χ0v) is 9.18. The first-order chi connectivity index (χ1) is 7.60. The average Bonchev–Trinajstić information content (AvgIpc) is 2.87. The van der Waals surface area contributed by atoms with Crippen molar-refractivity contribution in [1.29, 1.82) is 0 Å². The van der Waals surface area contributed by atoms with E-state index in [2.05, 4.69) is 0 Å². The number of aliphatic hydroxyl groups excluding tert-OH is 1. The molecule has 16 heavy (non-hydrogen) atoms. The predicted octanol–water partition coefficient (Wildman–Crippen LogP) is -0.469. The number of imide groups is 1. The summed E-state index contributed by atoms with van der Waals surface area (Å²) in [5, 5.41) is 8.88. The Kier molecular flexibility index (Phi) is 1.95. The number of hydrogen-bond donors (Lipinski definition) is 1. The van der Waals surface area contributed by atoms with E-state index in [0.717, 1.165) is 12.8 Å². The van der Waals surface area contributed by atoms with Crippen molar-refractivity contribution in [2.75, 3.05) is 13.2 Å². The van der Waals surface area contributed by atoms with Gasteiger partial charge in [-0.25, -0.2) is 0 Å². The minimum absolute atomic E-state index is 0.0878. The van der Waals surface area contributed by atoms with Crippen molar-refractivity contribution >= 4 is 11.8 Å². The number of amides is 2. The Hall–Kier alpha value is -0.940. The Bertz CT molecular complexity index is 369. The van der Waals surface area contributed by atoms with E-state index in [1.54, 1.807) is 0 Å². The molecule has 4 atom stereocenters. The number of likely N-dealkylation sites (tertiary alicyclic amines) is 1. The highest BCUT2D eigenvalue weighted by Gasteiger charge is 2.69. The number of aliphatic hydroxyl groups is 1. The second-order valence-electron chi connectivity index (χ2n) is 5.02. The van der Waals surface area contributed by atoms with E-state index in [9.17, 15) is 9.59 Å². The molecule has 0 saturated carbocycles. The van der Waals surface area contributed by atoms with Gasteiger partial charge in [0, 0.05) is 0 Å². The molecule has 0 aromatic heterocycles. The molecule has 2 bridgehead atoms. The van der Waals surface area contributed by atoms with Gasteiger partial charge in [0.1, 0.15) is 0 Å². The maximum atomic E-state index is 12.2. The SMILES string of the molecule is C[C@]12C(=O)N(CCO)C(=O)[C@H]1[C@@H]1CC[C@H]2O1. The van der Waals surface area contributed by atoms with Crippen molar-refractivity contribution in [3.8, 4) is 0 Å². The third-order valence-corrected chi connectivity index (χ3v) is 4.30. The molecule has 0 spiro atoms. The monoisotopic (exact) mass is 225 g/mol. The lowest BCUT2D eigenvalue weighted by atomic mass is 9.69. The molecule has 3 saturated heterocycles. The second kappa shape index (κ2) is 3.05. The first kappa shape index (κ1) is 10.2. The lowest BCUT2D eigenvalue weighted by Gasteiger charge is -2.28. The van der Waals surface area contributed by atoms with Gasteiger partial charge in [-0.05, 0) is 19.8 Å². The summed E-state index contributed by atoms with van der Waals surface area (Å²) in [6.45, 7) is 1.78. The first-order valence-corrected chi connectivity index (χ1v) is 5.73. The summed E-state index contributed by atoms with van der Waals surface area (Å²) in [7, 11) is 0. The third-order valence-electron chi connectivity index (χ3n) is 4.30. The standard InChI is InChI=1S/C11H15NO4/c1-11-7-3-2-6(16-7)8(11)9(14)12(4-5-13)10(11)15/h6-8,13H,2-5H2,1H3/t6-,7+,8+,11+/m0/s1. The van der Waals surface area contributed by atoms with Crippen LogP contribution >= 0.6 is 0 Å². The molecule has 3 aliphatic rings. The molecule has 0 aromatic carbocycles. The van der Waals surface area contributed by atoms with Gasteiger partial charge in [0.15, 0.2) is 0 Å². The topological polar surface area (TPSA) is 66.8 Å². The molecule has 5 heteroatoms. The summed E-state index contributed by atoms with van der Waals surface area (Å²) in [4.78, 5) is 25.5. The van der Waals surface area contributed by atoms with E-state index in [-0.39, 0.29) is 43.1 Å². The lowest BCUT2D eigenvalue weighted by molar-refractivity contribution is -0.145. The molecular formula is C11H15NO4. The number of carbonyl (C=O) groups excluding carboxylic acids is 2. The molecule has 1 N–H and O–H groups in total. The molecular weight excluding hydrogens is 210 g/mol. The fraction of sp³-hybridized carbons (Fsp3) is 0.818. The van der Waals surface area contributed by atoms with Crippen molar-refractivity contribution in [2.45, 2.75) is 32.0 Å². The van der Waals surface area contributed by atoms with Crippen LogP contribution in [0.25, 0.3) is 0 Å². The van der Waals surface area contributed by atoms with Crippen LogP contribution in [0.5, 0.6) is 0 Å². The van der Waals surface area contributed by atoms with Crippen LogP contribution in [-0.2, 0) is 14.3 Å². The van der Waals surface area contributed by atoms with E-state index in [1.807, 2.05) is 6.92 Å². The number of fused-ring (bicyclic) bond motifs is 5. The van der Waals surface area contributed by atoms with Gasteiger partial charge in [-0.15, -0.1) is 0 Å². The minimum atomic E-state index is -0.671. The van der Waals surface area contributed by atoms with E-state index in [0.29, 0.717) is 0 Å². The van der Waals surface area contributed by atoms with E-state index < -0.39 is 5.41 Å². The van der Waals surface area contributed by atoms with Gasteiger partial charge in [-0.3, -0.25) is 14.5 Å².